The van der Waals surface area contributed by atoms with Gasteiger partial charge in [-0.2, -0.15) is 4.72 Å². The van der Waals surface area contributed by atoms with Crippen molar-refractivity contribution < 1.29 is 22.3 Å². The van der Waals surface area contributed by atoms with Crippen LogP contribution in [0, 0.1) is 12.7 Å². The summed E-state index contributed by atoms with van der Waals surface area (Å²) < 4.78 is 46.6. The van der Waals surface area contributed by atoms with Gasteiger partial charge in [0.25, 0.3) is 0 Å². The van der Waals surface area contributed by atoms with Crippen LogP contribution in [-0.2, 0) is 26.2 Å². The average Bonchev–Trinajstić information content (AvgIpc) is 2.72. The summed E-state index contributed by atoms with van der Waals surface area (Å²) in [5.74, 6) is -1.28. The lowest BCUT2D eigenvalue weighted by molar-refractivity contribution is -0.147. The Morgan fingerprint density at radius 2 is 1.59 bits per heavy atom. The van der Waals surface area contributed by atoms with Crippen molar-refractivity contribution in [1.82, 2.24) is 4.72 Å². The van der Waals surface area contributed by atoms with Crippen LogP contribution in [0.4, 0.5) is 4.39 Å². The van der Waals surface area contributed by atoms with Gasteiger partial charge in [0.1, 0.15) is 18.5 Å². The van der Waals surface area contributed by atoms with E-state index in [2.05, 4.69) is 4.72 Å². The Hall–Kier alpha value is -3.03. The van der Waals surface area contributed by atoms with E-state index in [1.54, 1.807) is 36.4 Å². The fourth-order valence-corrected chi connectivity index (χ4v) is 3.83. The SMILES string of the molecule is Cc1ccc(S(=O)(=O)N[C@H](C(=O)OCc2ccccc2)c2ccc(F)cc2)cc1. The van der Waals surface area contributed by atoms with E-state index < -0.39 is 27.9 Å². The molecule has 0 aliphatic carbocycles. The molecule has 3 aromatic rings. The summed E-state index contributed by atoms with van der Waals surface area (Å²) in [5, 5.41) is 0. The molecule has 3 aromatic carbocycles. The van der Waals surface area contributed by atoms with Gasteiger partial charge < -0.3 is 4.74 Å². The molecule has 0 bridgehead atoms. The summed E-state index contributed by atoms with van der Waals surface area (Å²) in [7, 11) is -4.01. The topological polar surface area (TPSA) is 72.5 Å². The van der Waals surface area contributed by atoms with Crippen LogP contribution in [0.1, 0.15) is 22.7 Å². The van der Waals surface area contributed by atoms with E-state index in [4.69, 9.17) is 4.74 Å². The number of halogens is 1. The number of nitrogens with one attached hydrogen (secondary N) is 1. The van der Waals surface area contributed by atoms with Gasteiger partial charge in [-0.1, -0.05) is 60.2 Å². The van der Waals surface area contributed by atoms with Gasteiger partial charge in [0.05, 0.1) is 4.90 Å². The molecule has 0 saturated heterocycles. The van der Waals surface area contributed by atoms with Crippen molar-refractivity contribution in [1.29, 1.82) is 0 Å². The molecule has 0 fully saturated rings. The number of rotatable bonds is 7. The number of benzene rings is 3. The van der Waals surface area contributed by atoms with Crippen LogP contribution >= 0.6 is 0 Å². The molecule has 150 valence electrons. The van der Waals surface area contributed by atoms with Crippen LogP contribution in [0.25, 0.3) is 0 Å². The Balaban J connectivity index is 1.85. The standard InChI is InChI=1S/C22H20FNO4S/c1-16-7-13-20(14-8-16)29(26,27)24-21(18-9-11-19(23)12-10-18)22(25)28-15-17-5-3-2-4-6-17/h2-14,21,24H,15H2,1H3/t21-/m0/s1. The van der Waals surface area contributed by atoms with E-state index in [0.717, 1.165) is 23.3 Å². The second kappa shape index (κ2) is 8.98. The van der Waals surface area contributed by atoms with Gasteiger partial charge in [0.2, 0.25) is 10.0 Å². The Kier molecular flexibility index (Phi) is 6.41. The van der Waals surface area contributed by atoms with Gasteiger partial charge in [0, 0.05) is 0 Å². The van der Waals surface area contributed by atoms with Crippen LogP contribution in [0.15, 0.2) is 83.8 Å². The zero-order valence-corrected chi connectivity index (χ0v) is 16.5. The van der Waals surface area contributed by atoms with Crippen LogP contribution in [0.5, 0.6) is 0 Å². The van der Waals surface area contributed by atoms with Crippen LogP contribution in [0.3, 0.4) is 0 Å². The van der Waals surface area contributed by atoms with E-state index in [1.807, 2.05) is 13.0 Å². The first-order chi connectivity index (χ1) is 13.8. The van der Waals surface area contributed by atoms with Crippen molar-refractivity contribution >= 4 is 16.0 Å². The summed E-state index contributed by atoms with van der Waals surface area (Å²) in [5.41, 5.74) is 1.95. The van der Waals surface area contributed by atoms with Gasteiger partial charge in [-0.3, -0.25) is 0 Å². The van der Waals surface area contributed by atoms with Crippen LogP contribution in [0.2, 0.25) is 0 Å². The fraction of sp³-hybridized carbons (Fsp3) is 0.136. The number of esters is 1. The third-order valence-electron chi connectivity index (χ3n) is 4.27. The maximum Gasteiger partial charge on any atom is 0.329 e. The molecule has 0 radical (unpaired) electrons. The minimum atomic E-state index is -4.01. The lowest BCUT2D eigenvalue weighted by Gasteiger charge is -2.18. The van der Waals surface area contributed by atoms with Gasteiger partial charge >= 0.3 is 5.97 Å². The number of aryl methyl sites for hydroxylation is 1. The average molecular weight is 413 g/mol. The van der Waals surface area contributed by atoms with Gasteiger partial charge in [-0.15, -0.1) is 0 Å². The first kappa shape index (κ1) is 20.7. The van der Waals surface area contributed by atoms with Crippen molar-refractivity contribution in [3.63, 3.8) is 0 Å². The summed E-state index contributed by atoms with van der Waals surface area (Å²) in [6.07, 6.45) is 0. The van der Waals surface area contributed by atoms with Crippen LogP contribution < -0.4 is 4.72 Å². The fourth-order valence-electron chi connectivity index (χ4n) is 2.66. The minimum absolute atomic E-state index is 0.0103. The number of hydrogen-bond acceptors (Lipinski definition) is 4. The Labute approximate surface area is 169 Å². The lowest BCUT2D eigenvalue weighted by atomic mass is 10.1. The molecule has 1 N–H and O–H groups in total. The normalized spacial score (nSPS) is 12.3. The van der Waals surface area contributed by atoms with E-state index in [9.17, 15) is 17.6 Å². The minimum Gasteiger partial charge on any atom is -0.459 e. The summed E-state index contributed by atoms with van der Waals surface area (Å²) in [6.45, 7) is 1.83. The maximum absolute atomic E-state index is 13.3. The van der Waals surface area contributed by atoms with E-state index >= 15 is 0 Å². The highest BCUT2D eigenvalue weighted by molar-refractivity contribution is 7.89. The number of carbonyl (C=O) groups excluding carboxylic acids is 1. The highest BCUT2D eigenvalue weighted by Crippen LogP contribution is 2.20. The molecule has 0 unspecified atom stereocenters. The zero-order chi connectivity index (χ0) is 20.9. The molecule has 0 amide bonds. The summed E-state index contributed by atoms with van der Waals surface area (Å²) in [6, 6.07) is 19.0. The third-order valence-corrected chi connectivity index (χ3v) is 5.71. The Morgan fingerprint density at radius 3 is 2.21 bits per heavy atom. The highest BCUT2D eigenvalue weighted by atomic mass is 32.2. The molecule has 0 spiro atoms. The number of ether oxygens (including phenoxy) is 1. The van der Waals surface area contributed by atoms with Crippen LogP contribution in [-0.4, -0.2) is 14.4 Å². The maximum atomic E-state index is 13.3. The summed E-state index contributed by atoms with van der Waals surface area (Å²) >= 11 is 0. The number of hydrogen-bond donors (Lipinski definition) is 1. The molecule has 0 aliphatic rings. The molecular formula is C22H20FNO4S. The third kappa shape index (κ3) is 5.49. The molecule has 7 heteroatoms. The zero-order valence-electron chi connectivity index (χ0n) is 15.7. The molecule has 5 nitrogen and oxygen atoms in total. The quantitative estimate of drug-likeness (QED) is 0.597. The second-order valence-electron chi connectivity index (χ2n) is 6.51. The van der Waals surface area contributed by atoms with Gasteiger partial charge in [-0.25, -0.2) is 17.6 Å². The predicted octanol–water partition coefficient (Wildman–Crippen LogP) is 3.90. The molecular weight excluding hydrogens is 393 g/mol. The van der Waals surface area contributed by atoms with Gasteiger partial charge in [0.15, 0.2) is 0 Å². The molecule has 29 heavy (non-hydrogen) atoms. The number of carbonyl (C=O) groups is 1. The molecule has 1 atom stereocenters. The van der Waals surface area contributed by atoms with E-state index in [-0.39, 0.29) is 17.1 Å². The summed E-state index contributed by atoms with van der Waals surface area (Å²) in [4.78, 5) is 12.7. The second-order valence-corrected chi connectivity index (χ2v) is 8.23. The van der Waals surface area contributed by atoms with Crippen molar-refractivity contribution in [3.05, 3.63) is 101 Å². The highest BCUT2D eigenvalue weighted by Gasteiger charge is 2.28. The monoisotopic (exact) mass is 413 g/mol. The van der Waals surface area contributed by atoms with E-state index in [0.29, 0.717) is 0 Å². The first-order valence-electron chi connectivity index (χ1n) is 8.90. The van der Waals surface area contributed by atoms with E-state index in [1.165, 1.54) is 24.3 Å². The van der Waals surface area contributed by atoms with Crippen molar-refractivity contribution in [2.75, 3.05) is 0 Å². The predicted molar refractivity (Wildman–Crippen MR) is 107 cm³/mol. The molecule has 0 aromatic heterocycles. The molecule has 0 aliphatic heterocycles. The lowest BCUT2D eigenvalue weighted by Crippen LogP contribution is -2.35. The van der Waals surface area contributed by atoms with Crippen molar-refractivity contribution in [3.8, 4) is 0 Å². The first-order valence-corrected chi connectivity index (χ1v) is 10.4. The molecule has 0 saturated carbocycles. The van der Waals surface area contributed by atoms with Gasteiger partial charge in [-0.05, 0) is 42.3 Å². The Morgan fingerprint density at radius 1 is 0.966 bits per heavy atom. The molecule has 3 rings (SSSR count). The Bertz CT molecular complexity index is 1070. The molecule has 0 heterocycles. The smallest absolute Gasteiger partial charge is 0.329 e. The van der Waals surface area contributed by atoms with Crippen molar-refractivity contribution in [2.24, 2.45) is 0 Å². The number of sulfonamides is 1. The van der Waals surface area contributed by atoms with Crippen molar-refractivity contribution in [2.45, 2.75) is 24.5 Å². The largest absolute Gasteiger partial charge is 0.459 e.